The lowest BCUT2D eigenvalue weighted by Gasteiger charge is -1.90. The maximum Gasteiger partial charge on any atom is 0.303 e. The highest BCUT2D eigenvalue weighted by molar-refractivity contribution is 5.66. The number of unbranched alkanes of at least 4 members (excludes halogenated alkanes) is 3. The first-order valence-corrected chi connectivity index (χ1v) is 9.24. The summed E-state index contributed by atoms with van der Waals surface area (Å²) in [6, 6.07) is 0. The second-order valence-corrected chi connectivity index (χ2v) is 5.73. The Balaban J connectivity index is 3.46. The zero-order chi connectivity index (χ0) is 17.7. The lowest BCUT2D eigenvalue weighted by atomic mass is 10.2. The van der Waals surface area contributed by atoms with Crippen LogP contribution in [0.1, 0.15) is 71.1 Å². The van der Waals surface area contributed by atoms with Crippen molar-refractivity contribution < 1.29 is 9.90 Å². The van der Waals surface area contributed by atoms with Crippen LogP contribution in [0.15, 0.2) is 60.8 Å². The van der Waals surface area contributed by atoms with Crippen LogP contribution in [0.25, 0.3) is 0 Å². The molecule has 134 valence electrons. The highest BCUT2D eigenvalue weighted by atomic mass is 16.4. The zero-order valence-corrected chi connectivity index (χ0v) is 15.2. The molecule has 0 aliphatic rings. The summed E-state index contributed by atoms with van der Waals surface area (Å²) in [5.41, 5.74) is 0. The molecule has 2 heteroatoms. The molecule has 0 rings (SSSR count). The molecule has 1 N–H and O–H groups in total. The fourth-order valence-electron chi connectivity index (χ4n) is 2.04. The molecule has 24 heavy (non-hydrogen) atoms. The molecule has 0 aliphatic carbocycles. The van der Waals surface area contributed by atoms with E-state index in [9.17, 15) is 4.79 Å². The van der Waals surface area contributed by atoms with Gasteiger partial charge in [0.25, 0.3) is 0 Å². The first-order chi connectivity index (χ1) is 11.8. The minimum atomic E-state index is -0.739. The van der Waals surface area contributed by atoms with Gasteiger partial charge in [-0.15, -0.1) is 0 Å². The largest absolute Gasteiger partial charge is 0.481 e. The van der Waals surface area contributed by atoms with E-state index in [0.29, 0.717) is 6.42 Å². The minimum absolute atomic E-state index is 0.213. The zero-order valence-electron chi connectivity index (χ0n) is 15.2. The van der Waals surface area contributed by atoms with Crippen molar-refractivity contribution in [3.05, 3.63) is 60.8 Å². The summed E-state index contributed by atoms with van der Waals surface area (Å²) in [5, 5.41) is 8.49. The van der Waals surface area contributed by atoms with Crippen LogP contribution in [0.5, 0.6) is 0 Å². The summed E-state index contributed by atoms with van der Waals surface area (Å²) in [7, 11) is 0. The third-order valence-corrected chi connectivity index (χ3v) is 3.42. The number of allylic oxidation sites excluding steroid dienone is 10. The van der Waals surface area contributed by atoms with Crippen LogP contribution in [-0.4, -0.2) is 11.1 Å². The Morgan fingerprint density at radius 2 is 1.08 bits per heavy atom. The van der Waals surface area contributed by atoms with Crippen LogP contribution in [0, 0.1) is 0 Å². The van der Waals surface area contributed by atoms with E-state index in [2.05, 4.69) is 55.5 Å². The first kappa shape index (κ1) is 22.2. The van der Waals surface area contributed by atoms with Gasteiger partial charge in [0.2, 0.25) is 0 Å². The number of carbonyl (C=O) groups is 1. The maximum atomic E-state index is 10.3. The van der Waals surface area contributed by atoms with Gasteiger partial charge in [-0.25, -0.2) is 0 Å². The predicted octanol–water partition coefficient (Wildman–Crippen LogP) is 6.77. The van der Waals surface area contributed by atoms with E-state index >= 15 is 0 Å². The van der Waals surface area contributed by atoms with Crippen molar-refractivity contribution in [3.63, 3.8) is 0 Å². The van der Waals surface area contributed by atoms with Crippen LogP contribution >= 0.6 is 0 Å². The van der Waals surface area contributed by atoms with Crippen molar-refractivity contribution in [2.45, 2.75) is 71.1 Å². The number of carboxylic acid groups (broad SMARTS) is 1. The smallest absolute Gasteiger partial charge is 0.303 e. The fourth-order valence-corrected chi connectivity index (χ4v) is 2.04. The van der Waals surface area contributed by atoms with E-state index in [-0.39, 0.29) is 6.42 Å². The molecule has 0 bridgehead atoms. The summed E-state index contributed by atoms with van der Waals surface area (Å²) < 4.78 is 0. The number of aliphatic carboxylic acids is 1. The molecule has 0 amide bonds. The average Bonchev–Trinajstić information content (AvgIpc) is 2.56. The molecule has 0 atom stereocenters. The summed E-state index contributed by atoms with van der Waals surface area (Å²) in [6.07, 6.45) is 31.4. The molecule has 0 radical (unpaired) electrons. The normalized spacial score (nSPS) is 12.7. The Bertz CT molecular complexity index is 425. The molecule has 0 aromatic heterocycles. The van der Waals surface area contributed by atoms with Gasteiger partial charge in [-0.1, -0.05) is 80.5 Å². The molecule has 0 saturated carbocycles. The minimum Gasteiger partial charge on any atom is -0.481 e. The van der Waals surface area contributed by atoms with Crippen LogP contribution in [-0.2, 0) is 4.79 Å². The van der Waals surface area contributed by atoms with Crippen LogP contribution in [0.3, 0.4) is 0 Å². The highest BCUT2D eigenvalue weighted by Crippen LogP contribution is 2.01. The van der Waals surface area contributed by atoms with Crippen molar-refractivity contribution in [1.82, 2.24) is 0 Å². The fraction of sp³-hybridized carbons (Fsp3) is 0.500. The maximum absolute atomic E-state index is 10.3. The van der Waals surface area contributed by atoms with E-state index in [1.807, 2.05) is 12.2 Å². The molecule has 0 aromatic carbocycles. The van der Waals surface area contributed by atoms with Gasteiger partial charge in [-0.2, -0.15) is 0 Å². The van der Waals surface area contributed by atoms with Crippen molar-refractivity contribution in [2.75, 3.05) is 0 Å². The topological polar surface area (TPSA) is 37.3 Å². The van der Waals surface area contributed by atoms with E-state index in [0.717, 1.165) is 25.7 Å². The van der Waals surface area contributed by atoms with Crippen molar-refractivity contribution in [2.24, 2.45) is 0 Å². The molecule has 0 fully saturated rings. The summed E-state index contributed by atoms with van der Waals surface area (Å²) in [6.45, 7) is 2.23. The van der Waals surface area contributed by atoms with Crippen LogP contribution in [0.2, 0.25) is 0 Å². The molecule has 0 unspecified atom stereocenters. The van der Waals surface area contributed by atoms with Gasteiger partial charge < -0.3 is 5.11 Å². The highest BCUT2D eigenvalue weighted by Gasteiger charge is 1.90. The molecule has 0 saturated heterocycles. The SMILES string of the molecule is CCCCC/C=C/C/C=C/C/C=C\C/C=C/C/C=C/CCC(=O)O. The average molecular weight is 331 g/mol. The molecule has 0 spiro atoms. The Labute approximate surface area is 148 Å². The summed E-state index contributed by atoms with van der Waals surface area (Å²) in [5.74, 6) is -0.739. The van der Waals surface area contributed by atoms with E-state index in [1.54, 1.807) is 0 Å². The van der Waals surface area contributed by atoms with Gasteiger partial charge in [0.1, 0.15) is 0 Å². The van der Waals surface area contributed by atoms with Crippen molar-refractivity contribution in [1.29, 1.82) is 0 Å². The second-order valence-electron chi connectivity index (χ2n) is 5.73. The van der Waals surface area contributed by atoms with Gasteiger partial charge in [0.05, 0.1) is 0 Å². The Kier molecular flexibility index (Phi) is 17.8. The number of carboxylic acids is 1. The predicted molar refractivity (Wildman–Crippen MR) is 105 cm³/mol. The quantitative estimate of drug-likeness (QED) is 0.265. The van der Waals surface area contributed by atoms with Crippen LogP contribution < -0.4 is 0 Å². The van der Waals surface area contributed by atoms with Gasteiger partial charge >= 0.3 is 5.97 Å². The molecule has 0 aromatic rings. The van der Waals surface area contributed by atoms with E-state index in [1.165, 1.54) is 25.7 Å². The monoisotopic (exact) mass is 330 g/mol. The van der Waals surface area contributed by atoms with Crippen LogP contribution in [0.4, 0.5) is 0 Å². The van der Waals surface area contributed by atoms with Gasteiger partial charge in [-0.3, -0.25) is 4.79 Å². The van der Waals surface area contributed by atoms with Gasteiger partial charge in [0.15, 0.2) is 0 Å². The third kappa shape index (κ3) is 20.2. The van der Waals surface area contributed by atoms with Crippen molar-refractivity contribution in [3.8, 4) is 0 Å². The standard InChI is InChI=1S/C22H34O2/c1-2-3-4-5-6-7-8-9-10-11-12-13-14-15-16-17-18-19-20-21-22(23)24/h6-7,9-10,12-13,15-16,18-19H,2-5,8,11,14,17,20-21H2,1H3,(H,23,24)/b7-6+,10-9+,13-12-,16-15+,19-18+. The first-order valence-electron chi connectivity index (χ1n) is 9.24. The number of rotatable bonds is 15. The molecular formula is C22H34O2. The number of hydrogen-bond acceptors (Lipinski definition) is 1. The molecule has 2 nitrogen and oxygen atoms in total. The number of hydrogen-bond donors (Lipinski definition) is 1. The van der Waals surface area contributed by atoms with Crippen molar-refractivity contribution >= 4 is 5.97 Å². The van der Waals surface area contributed by atoms with Gasteiger partial charge in [-0.05, 0) is 44.9 Å². The lowest BCUT2D eigenvalue weighted by Crippen LogP contribution is -1.91. The molecule has 0 aliphatic heterocycles. The Morgan fingerprint density at radius 3 is 1.50 bits per heavy atom. The summed E-state index contributed by atoms with van der Waals surface area (Å²) >= 11 is 0. The third-order valence-electron chi connectivity index (χ3n) is 3.42. The summed E-state index contributed by atoms with van der Waals surface area (Å²) in [4.78, 5) is 10.3. The molecular weight excluding hydrogens is 296 g/mol. The molecule has 0 heterocycles. The second kappa shape index (κ2) is 19.2. The van der Waals surface area contributed by atoms with E-state index < -0.39 is 5.97 Å². The Hall–Kier alpha value is -1.83. The van der Waals surface area contributed by atoms with E-state index in [4.69, 9.17) is 5.11 Å². The lowest BCUT2D eigenvalue weighted by molar-refractivity contribution is -0.136. The Morgan fingerprint density at radius 1 is 0.667 bits per heavy atom. The van der Waals surface area contributed by atoms with Gasteiger partial charge in [0, 0.05) is 6.42 Å².